The van der Waals surface area contributed by atoms with E-state index in [1.165, 1.54) is 57.9 Å². The Labute approximate surface area is 101 Å². The molecule has 0 bridgehead atoms. The minimum Gasteiger partial charge on any atom is -0.314 e. The van der Waals surface area contributed by atoms with Crippen molar-refractivity contribution in [3.8, 4) is 0 Å². The van der Waals surface area contributed by atoms with Gasteiger partial charge in [-0.15, -0.1) is 0 Å². The van der Waals surface area contributed by atoms with Crippen LogP contribution >= 0.6 is 0 Å². The average Bonchev–Trinajstić information content (AvgIpc) is 2.91. The second kappa shape index (κ2) is 6.05. The highest BCUT2D eigenvalue weighted by Gasteiger charge is 2.27. The maximum atomic E-state index is 3.76. The number of nitrogens with one attached hydrogen (secondary N) is 1. The maximum absolute atomic E-state index is 3.76. The Morgan fingerprint density at radius 2 is 1.69 bits per heavy atom. The molecule has 2 saturated carbocycles. The summed E-state index contributed by atoms with van der Waals surface area (Å²) in [7, 11) is 0. The molecule has 0 aromatic carbocycles. The molecule has 16 heavy (non-hydrogen) atoms. The summed E-state index contributed by atoms with van der Waals surface area (Å²) < 4.78 is 0. The quantitative estimate of drug-likeness (QED) is 0.688. The summed E-state index contributed by atoms with van der Waals surface area (Å²) in [6.45, 7) is 6.03. The number of hydrogen-bond acceptors (Lipinski definition) is 1. The zero-order valence-corrected chi connectivity index (χ0v) is 11.2. The van der Waals surface area contributed by atoms with Crippen molar-refractivity contribution in [2.24, 2.45) is 17.8 Å². The highest BCUT2D eigenvalue weighted by atomic mass is 14.9. The van der Waals surface area contributed by atoms with E-state index in [1.54, 1.807) is 0 Å². The van der Waals surface area contributed by atoms with Gasteiger partial charge in [-0.3, -0.25) is 0 Å². The van der Waals surface area contributed by atoms with Crippen molar-refractivity contribution in [1.82, 2.24) is 5.32 Å². The molecule has 0 saturated heterocycles. The van der Waals surface area contributed by atoms with Crippen molar-refractivity contribution in [1.29, 1.82) is 0 Å². The van der Waals surface area contributed by atoms with Crippen LogP contribution in [0.4, 0.5) is 0 Å². The van der Waals surface area contributed by atoms with Gasteiger partial charge in [0.2, 0.25) is 0 Å². The van der Waals surface area contributed by atoms with E-state index in [9.17, 15) is 0 Å². The van der Waals surface area contributed by atoms with Crippen LogP contribution in [0, 0.1) is 17.8 Å². The normalized spacial score (nSPS) is 24.2. The van der Waals surface area contributed by atoms with E-state index in [0.29, 0.717) is 0 Å². The first-order chi connectivity index (χ1) is 7.75. The Kier molecular flexibility index (Phi) is 4.69. The molecular formula is C15H29N. The smallest absolute Gasteiger partial charge is 0.00683 e. The van der Waals surface area contributed by atoms with E-state index < -0.39 is 0 Å². The lowest BCUT2D eigenvalue weighted by Gasteiger charge is -2.24. The van der Waals surface area contributed by atoms with Gasteiger partial charge in [0.1, 0.15) is 0 Å². The van der Waals surface area contributed by atoms with Crippen molar-refractivity contribution in [3.63, 3.8) is 0 Å². The Balaban J connectivity index is 1.73. The summed E-state index contributed by atoms with van der Waals surface area (Å²) >= 11 is 0. The summed E-state index contributed by atoms with van der Waals surface area (Å²) in [6.07, 6.45) is 11.8. The molecule has 94 valence electrons. The second-order valence-corrected chi connectivity index (χ2v) is 6.46. The molecule has 0 heterocycles. The minimum absolute atomic E-state index is 0.879. The van der Waals surface area contributed by atoms with Crippen LogP contribution in [0.5, 0.6) is 0 Å². The third-order valence-electron chi connectivity index (χ3n) is 4.43. The van der Waals surface area contributed by atoms with Gasteiger partial charge in [-0.1, -0.05) is 46.0 Å². The van der Waals surface area contributed by atoms with Crippen LogP contribution in [0.25, 0.3) is 0 Å². The lowest BCUT2D eigenvalue weighted by atomic mass is 9.85. The molecule has 0 radical (unpaired) electrons. The summed E-state index contributed by atoms with van der Waals surface area (Å²) in [5.41, 5.74) is 0. The van der Waals surface area contributed by atoms with Gasteiger partial charge in [0.15, 0.2) is 0 Å². The first-order valence-electron chi connectivity index (χ1n) is 7.49. The number of hydrogen-bond donors (Lipinski definition) is 1. The largest absolute Gasteiger partial charge is 0.314 e. The lowest BCUT2D eigenvalue weighted by molar-refractivity contribution is 0.285. The molecule has 0 aromatic heterocycles. The standard InChI is InChI=1S/C15H29N/c1-12(2)7-8-14(11-16-15-9-10-15)13-5-3-4-6-13/h12-16H,3-11H2,1-2H3. The summed E-state index contributed by atoms with van der Waals surface area (Å²) in [4.78, 5) is 0. The van der Waals surface area contributed by atoms with Gasteiger partial charge in [0.25, 0.3) is 0 Å². The molecule has 1 heteroatoms. The summed E-state index contributed by atoms with van der Waals surface area (Å²) in [5.74, 6) is 2.90. The molecule has 2 rings (SSSR count). The van der Waals surface area contributed by atoms with Crippen molar-refractivity contribution in [2.75, 3.05) is 6.54 Å². The molecule has 1 nitrogen and oxygen atoms in total. The third kappa shape index (κ3) is 4.08. The van der Waals surface area contributed by atoms with Crippen molar-refractivity contribution < 1.29 is 0 Å². The molecule has 2 fully saturated rings. The Morgan fingerprint density at radius 1 is 1.00 bits per heavy atom. The Hall–Kier alpha value is -0.0400. The van der Waals surface area contributed by atoms with E-state index in [2.05, 4.69) is 19.2 Å². The molecule has 1 atom stereocenters. The fourth-order valence-electron chi connectivity index (χ4n) is 3.09. The van der Waals surface area contributed by atoms with Gasteiger partial charge in [0.05, 0.1) is 0 Å². The number of rotatable bonds is 7. The van der Waals surface area contributed by atoms with Crippen LogP contribution in [-0.2, 0) is 0 Å². The molecule has 2 aliphatic carbocycles. The molecule has 1 unspecified atom stereocenters. The maximum Gasteiger partial charge on any atom is 0.00683 e. The predicted octanol–water partition coefficient (Wildman–Crippen LogP) is 3.98. The minimum atomic E-state index is 0.879. The topological polar surface area (TPSA) is 12.0 Å². The van der Waals surface area contributed by atoms with Crippen LogP contribution in [0.2, 0.25) is 0 Å². The molecule has 0 spiro atoms. The Morgan fingerprint density at radius 3 is 2.25 bits per heavy atom. The second-order valence-electron chi connectivity index (χ2n) is 6.46. The fraction of sp³-hybridized carbons (Fsp3) is 1.00. The van der Waals surface area contributed by atoms with Crippen LogP contribution in [0.1, 0.15) is 65.2 Å². The SMILES string of the molecule is CC(C)CCC(CNC1CC1)C1CCCC1. The fourth-order valence-corrected chi connectivity index (χ4v) is 3.09. The summed E-state index contributed by atoms with van der Waals surface area (Å²) in [5, 5.41) is 3.76. The predicted molar refractivity (Wildman–Crippen MR) is 70.5 cm³/mol. The van der Waals surface area contributed by atoms with Gasteiger partial charge in [0, 0.05) is 6.04 Å². The van der Waals surface area contributed by atoms with Crippen LogP contribution in [0.15, 0.2) is 0 Å². The van der Waals surface area contributed by atoms with Crippen LogP contribution in [0.3, 0.4) is 0 Å². The third-order valence-corrected chi connectivity index (χ3v) is 4.43. The first kappa shape index (κ1) is 12.4. The molecule has 0 aromatic rings. The van der Waals surface area contributed by atoms with Gasteiger partial charge in [-0.25, -0.2) is 0 Å². The van der Waals surface area contributed by atoms with Gasteiger partial charge >= 0.3 is 0 Å². The van der Waals surface area contributed by atoms with Crippen molar-refractivity contribution in [3.05, 3.63) is 0 Å². The highest BCUT2D eigenvalue weighted by molar-refractivity contribution is 4.84. The van der Waals surface area contributed by atoms with E-state index in [4.69, 9.17) is 0 Å². The van der Waals surface area contributed by atoms with Crippen LogP contribution < -0.4 is 5.32 Å². The van der Waals surface area contributed by atoms with E-state index in [0.717, 1.165) is 23.8 Å². The van der Waals surface area contributed by atoms with E-state index in [1.807, 2.05) is 0 Å². The lowest BCUT2D eigenvalue weighted by Crippen LogP contribution is -2.29. The van der Waals surface area contributed by atoms with Crippen molar-refractivity contribution >= 4 is 0 Å². The molecule has 1 N–H and O–H groups in total. The highest BCUT2D eigenvalue weighted by Crippen LogP contribution is 2.34. The zero-order valence-electron chi connectivity index (χ0n) is 11.2. The monoisotopic (exact) mass is 223 g/mol. The van der Waals surface area contributed by atoms with E-state index in [-0.39, 0.29) is 0 Å². The zero-order chi connectivity index (χ0) is 11.4. The first-order valence-corrected chi connectivity index (χ1v) is 7.49. The van der Waals surface area contributed by atoms with Crippen LogP contribution in [-0.4, -0.2) is 12.6 Å². The molecule has 0 aliphatic heterocycles. The molecular weight excluding hydrogens is 194 g/mol. The molecule has 0 amide bonds. The van der Waals surface area contributed by atoms with Gasteiger partial charge in [-0.05, 0) is 43.6 Å². The Bertz CT molecular complexity index is 184. The van der Waals surface area contributed by atoms with Crippen molar-refractivity contribution in [2.45, 2.75) is 71.3 Å². The van der Waals surface area contributed by atoms with E-state index >= 15 is 0 Å². The van der Waals surface area contributed by atoms with Gasteiger partial charge < -0.3 is 5.32 Å². The molecule has 2 aliphatic rings. The summed E-state index contributed by atoms with van der Waals surface area (Å²) in [6, 6.07) is 0.892. The average molecular weight is 223 g/mol. The van der Waals surface area contributed by atoms with Gasteiger partial charge in [-0.2, -0.15) is 0 Å².